The Morgan fingerprint density at radius 3 is 2.26 bits per heavy atom. The SMILES string of the molecule is COC(=O)c1ccc2c(c1)CCCC(Br)=C2c1ccc(C(=O)C2CN(C(=O)OC(C)(C)C)C2)cc1. The number of allylic oxidation sites excluding steroid dienone is 1. The molecule has 1 amide bonds. The molecular weight excluding hydrogens is 510 g/mol. The van der Waals surface area contributed by atoms with E-state index < -0.39 is 5.60 Å². The molecule has 6 nitrogen and oxygen atoms in total. The molecule has 1 heterocycles. The first kappa shape index (κ1) is 25.2. The second kappa shape index (κ2) is 9.97. The predicted molar refractivity (Wildman–Crippen MR) is 138 cm³/mol. The molecule has 184 valence electrons. The molecule has 0 atom stereocenters. The highest BCUT2D eigenvalue weighted by atomic mass is 79.9. The molecule has 0 spiro atoms. The number of hydrogen-bond acceptors (Lipinski definition) is 5. The topological polar surface area (TPSA) is 72.9 Å². The van der Waals surface area contributed by atoms with Gasteiger partial charge in [0, 0.05) is 23.1 Å². The fourth-order valence-corrected chi connectivity index (χ4v) is 5.19. The van der Waals surface area contributed by atoms with E-state index >= 15 is 0 Å². The molecule has 2 aliphatic rings. The zero-order valence-corrected chi connectivity index (χ0v) is 22.1. The number of fused-ring (bicyclic) bond motifs is 1. The number of carbonyl (C=O) groups excluding carboxylic acids is 3. The number of methoxy groups -OCH3 is 1. The molecule has 35 heavy (non-hydrogen) atoms. The third-order valence-corrected chi connectivity index (χ3v) is 7.06. The lowest BCUT2D eigenvalue weighted by atomic mass is 9.88. The molecule has 0 saturated carbocycles. The van der Waals surface area contributed by atoms with Crippen molar-refractivity contribution in [2.45, 2.75) is 45.6 Å². The molecule has 4 rings (SSSR count). The largest absolute Gasteiger partial charge is 0.465 e. The van der Waals surface area contributed by atoms with E-state index in [0.29, 0.717) is 24.2 Å². The number of rotatable bonds is 4. The molecule has 1 aliphatic heterocycles. The molecule has 0 N–H and O–H groups in total. The van der Waals surface area contributed by atoms with Crippen molar-refractivity contribution in [2.24, 2.45) is 5.92 Å². The standard InChI is InChI=1S/C28H30BrNO5/c1-28(2,3)35-27(33)30-15-21(16-30)25(31)18-10-8-17(9-11-18)24-22-13-12-20(26(32)34-4)14-19(22)6-5-7-23(24)29/h8-14,21H,5-7,15-16H2,1-4H3. The lowest BCUT2D eigenvalue weighted by Gasteiger charge is -2.38. The molecule has 1 fully saturated rings. The minimum atomic E-state index is -0.553. The fourth-order valence-electron chi connectivity index (χ4n) is 4.46. The quantitative estimate of drug-likeness (QED) is 0.351. The number of ether oxygens (including phenoxy) is 2. The van der Waals surface area contributed by atoms with Crippen LogP contribution in [0.4, 0.5) is 4.79 Å². The van der Waals surface area contributed by atoms with Gasteiger partial charge in [-0.1, -0.05) is 46.3 Å². The number of likely N-dealkylation sites (tertiary alicyclic amines) is 1. The van der Waals surface area contributed by atoms with Gasteiger partial charge in [0.1, 0.15) is 5.60 Å². The first-order valence-corrected chi connectivity index (χ1v) is 12.6. The van der Waals surface area contributed by atoms with Crippen LogP contribution in [-0.2, 0) is 15.9 Å². The molecular formula is C28H30BrNO5. The number of halogens is 1. The molecule has 0 unspecified atom stereocenters. The summed E-state index contributed by atoms with van der Waals surface area (Å²) in [5, 5.41) is 0. The van der Waals surface area contributed by atoms with Crippen molar-refractivity contribution in [1.82, 2.24) is 4.90 Å². The van der Waals surface area contributed by atoms with Crippen LogP contribution in [0, 0.1) is 5.92 Å². The Kier molecular flexibility index (Phi) is 7.17. The first-order chi connectivity index (χ1) is 16.6. The molecule has 2 aromatic rings. The Bertz CT molecular complexity index is 1190. The Balaban J connectivity index is 1.51. The Hall–Kier alpha value is -2.93. The van der Waals surface area contributed by atoms with Crippen LogP contribution in [-0.4, -0.2) is 48.5 Å². The summed E-state index contributed by atoms with van der Waals surface area (Å²) in [4.78, 5) is 38.7. The minimum Gasteiger partial charge on any atom is -0.465 e. The van der Waals surface area contributed by atoms with Crippen molar-refractivity contribution >= 4 is 39.3 Å². The summed E-state index contributed by atoms with van der Waals surface area (Å²) < 4.78 is 11.4. The lowest BCUT2D eigenvalue weighted by Crippen LogP contribution is -2.54. The van der Waals surface area contributed by atoms with Crippen molar-refractivity contribution in [2.75, 3.05) is 20.2 Å². The maximum Gasteiger partial charge on any atom is 0.410 e. The monoisotopic (exact) mass is 539 g/mol. The maximum absolute atomic E-state index is 13.0. The van der Waals surface area contributed by atoms with Crippen LogP contribution in [0.25, 0.3) is 5.57 Å². The number of aryl methyl sites for hydroxylation is 1. The smallest absolute Gasteiger partial charge is 0.410 e. The number of hydrogen-bond donors (Lipinski definition) is 0. The summed E-state index contributed by atoms with van der Waals surface area (Å²) in [5.74, 6) is -0.520. The van der Waals surface area contributed by atoms with Crippen molar-refractivity contribution in [3.8, 4) is 0 Å². The van der Waals surface area contributed by atoms with Crippen molar-refractivity contribution in [3.63, 3.8) is 0 Å². The highest BCUT2D eigenvalue weighted by Gasteiger charge is 2.38. The van der Waals surface area contributed by atoms with E-state index in [4.69, 9.17) is 9.47 Å². The number of Topliss-reactive ketones (excluding diaryl/α,β-unsaturated/α-hetero) is 1. The summed E-state index contributed by atoms with van der Waals surface area (Å²) in [5.41, 5.74) is 4.89. The minimum absolute atomic E-state index is 0.0355. The van der Waals surface area contributed by atoms with Gasteiger partial charge >= 0.3 is 12.1 Å². The highest BCUT2D eigenvalue weighted by Crippen LogP contribution is 2.38. The van der Waals surface area contributed by atoms with Gasteiger partial charge in [-0.25, -0.2) is 9.59 Å². The van der Waals surface area contributed by atoms with E-state index in [2.05, 4.69) is 15.9 Å². The summed E-state index contributed by atoms with van der Waals surface area (Å²) in [6, 6.07) is 13.3. The van der Waals surface area contributed by atoms with Crippen molar-refractivity contribution < 1.29 is 23.9 Å². The predicted octanol–water partition coefficient (Wildman–Crippen LogP) is 6.01. The molecule has 0 bridgehead atoms. The molecule has 7 heteroatoms. The Morgan fingerprint density at radius 2 is 1.63 bits per heavy atom. The molecule has 2 aromatic carbocycles. The second-order valence-corrected chi connectivity index (χ2v) is 11.0. The highest BCUT2D eigenvalue weighted by molar-refractivity contribution is 9.11. The fraction of sp³-hybridized carbons (Fsp3) is 0.393. The molecule has 0 aromatic heterocycles. The lowest BCUT2D eigenvalue weighted by molar-refractivity contribution is 0.00147. The summed E-state index contributed by atoms with van der Waals surface area (Å²) in [6.45, 7) is 6.23. The van der Waals surface area contributed by atoms with Crippen LogP contribution in [0.15, 0.2) is 46.9 Å². The normalized spacial score (nSPS) is 16.2. The van der Waals surface area contributed by atoms with Gasteiger partial charge in [-0.15, -0.1) is 0 Å². The van der Waals surface area contributed by atoms with Crippen LogP contribution >= 0.6 is 15.9 Å². The number of esters is 1. The summed E-state index contributed by atoms with van der Waals surface area (Å²) in [6.07, 6.45) is 2.34. The average Bonchev–Trinajstić information content (AvgIpc) is 2.93. The van der Waals surface area contributed by atoms with Crippen LogP contribution in [0.3, 0.4) is 0 Å². The van der Waals surface area contributed by atoms with Crippen molar-refractivity contribution in [1.29, 1.82) is 0 Å². The summed E-state index contributed by atoms with van der Waals surface area (Å²) >= 11 is 3.78. The van der Waals surface area contributed by atoms with Gasteiger partial charge in [-0.3, -0.25) is 4.79 Å². The van der Waals surface area contributed by atoms with E-state index in [1.165, 1.54) is 7.11 Å². The van der Waals surface area contributed by atoms with Gasteiger partial charge in [0.15, 0.2) is 5.78 Å². The third-order valence-electron chi connectivity index (χ3n) is 6.27. The Morgan fingerprint density at radius 1 is 0.971 bits per heavy atom. The zero-order valence-electron chi connectivity index (χ0n) is 20.5. The van der Waals surface area contributed by atoms with Gasteiger partial charge in [0.05, 0.1) is 18.6 Å². The van der Waals surface area contributed by atoms with E-state index in [1.807, 2.05) is 57.2 Å². The van der Waals surface area contributed by atoms with Crippen LogP contribution < -0.4 is 0 Å². The number of ketones is 1. The van der Waals surface area contributed by atoms with E-state index in [9.17, 15) is 14.4 Å². The third kappa shape index (κ3) is 5.50. The summed E-state index contributed by atoms with van der Waals surface area (Å²) in [7, 11) is 1.39. The Labute approximate surface area is 214 Å². The van der Waals surface area contributed by atoms with Crippen LogP contribution in [0.1, 0.15) is 71.0 Å². The number of nitrogens with zero attached hydrogens (tertiary/aromatic N) is 1. The van der Waals surface area contributed by atoms with Gasteiger partial charge < -0.3 is 14.4 Å². The molecule has 0 radical (unpaired) electrons. The second-order valence-electron chi connectivity index (χ2n) is 10.0. The van der Waals surface area contributed by atoms with Gasteiger partial charge in [-0.05, 0) is 74.4 Å². The van der Waals surface area contributed by atoms with Crippen molar-refractivity contribution in [3.05, 3.63) is 74.8 Å². The molecule has 1 saturated heterocycles. The van der Waals surface area contributed by atoms with Crippen LogP contribution in [0.2, 0.25) is 0 Å². The van der Waals surface area contributed by atoms with Gasteiger partial charge in [0.2, 0.25) is 0 Å². The van der Waals surface area contributed by atoms with E-state index in [1.54, 1.807) is 11.0 Å². The molecule has 1 aliphatic carbocycles. The van der Waals surface area contributed by atoms with E-state index in [0.717, 1.165) is 46.0 Å². The average molecular weight is 540 g/mol. The van der Waals surface area contributed by atoms with Gasteiger partial charge in [0.25, 0.3) is 0 Å². The van der Waals surface area contributed by atoms with E-state index in [-0.39, 0.29) is 23.8 Å². The van der Waals surface area contributed by atoms with Gasteiger partial charge in [-0.2, -0.15) is 0 Å². The van der Waals surface area contributed by atoms with Crippen LogP contribution in [0.5, 0.6) is 0 Å². The number of amides is 1. The first-order valence-electron chi connectivity index (χ1n) is 11.8. The number of carbonyl (C=O) groups is 3. The maximum atomic E-state index is 13.0. The zero-order chi connectivity index (χ0) is 25.3. The number of benzene rings is 2.